The number of Topliss-reactive ketones (excluding diaryl/α,β-unsaturated/α-hetero) is 1. The molecule has 0 fully saturated rings. The fourth-order valence-electron chi connectivity index (χ4n) is 6.70. The molecule has 0 saturated carbocycles. The van der Waals surface area contributed by atoms with E-state index in [0.717, 1.165) is 89.9 Å². The van der Waals surface area contributed by atoms with E-state index >= 15 is 0 Å². The van der Waals surface area contributed by atoms with Crippen LogP contribution in [-0.4, -0.2) is 56.1 Å². The molecular formula is C45H82O9. The number of esters is 4. The van der Waals surface area contributed by atoms with Crippen molar-refractivity contribution in [3.05, 3.63) is 0 Å². The zero-order valence-electron chi connectivity index (χ0n) is 35.4. The summed E-state index contributed by atoms with van der Waals surface area (Å²) in [7, 11) is 0. The Hall–Kier alpha value is -2.45. The Morgan fingerprint density at radius 3 is 1.20 bits per heavy atom. The molecule has 2 atom stereocenters. The van der Waals surface area contributed by atoms with E-state index in [-0.39, 0.29) is 38.0 Å². The van der Waals surface area contributed by atoms with Gasteiger partial charge in [0.25, 0.3) is 0 Å². The van der Waals surface area contributed by atoms with Gasteiger partial charge in [-0.15, -0.1) is 0 Å². The molecule has 0 radical (unpaired) electrons. The van der Waals surface area contributed by atoms with Crippen LogP contribution in [0.25, 0.3) is 0 Å². The quantitative estimate of drug-likeness (QED) is 0.0259. The molecule has 0 rings (SSSR count). The molecule has 0 aromatic heterocycles. The summed E-state index contributed by atoms with van der Waals surface area (Å²) in [5.41, 5.74) is 0. The van der Waals surface area contributed by atoms with Gasteiger partial charge >= 0.3 is 23.9 Å². The van der Waals surface area contributed by atoms with Crippen molar-refractivity contribution in [2.24, 2.45) is 11.8 Å². The average molecular weight is 767 g/mol. The van der Waals surface area contributed by atoms with Gasteiger partial charge < -0.3 is 18.9 Å². The van der Waals surface area contributed by atoms with E-state index < -0.39 is 17.7 Å². The van der Waals surface area contributed by atoms with Crippen molar-refractivity contribution < 1.29 is 42.9 Å². The molecule has 2 unspecified atom stereocenters. The van der Waals surface area contributed by atoms with Gasteiger partial charge in [0, 0.05) is 19.3 Å². The highest BCUT2D eigenvalue weighted by Crippen LogP contribution is 2.19. The molecule has 0 aliphatic carbocycles. The maximum absolute atomic E-state index is 12.2. The van der Waals surface area contributed by atoms with Crippen molar-refractivity contribution in [1.82, 2.24) is 0 Å². The minimum absolute atomic E-state index is 0.106. The molecule has 9 nitrogen and oxygen atoms in total. The molecule has 0 aromatic rings. The number of hydrogen-bond acceptors (Lipinski definition) is 9. The average Bonchev–Trinajstić information content (AvgIpc) is 3.16. The zero-order valence-corrected chi connectivity index (χ0v) is 35.4. The van der Waals surface area contributed by atoms with Crippen molar-refractivity contribution in [1.29, 1.82) is 0 Å². The summed E-state index contributed by atoms with van der Waals surface area (Å²) in [5.74, 6) is -1.40. The first-order valence-electron chi connectivity index (χ1n) is 22.4. The van der Waals surface area contributed by atoms with Gasteiger partial charge in [-0.2, -0.15) is 0 Å². The number of ether oxygens (including phenoxy) is 4. The van der Waals surface area contributed by atoms with Crippen molar-refractivity contribution in [2.75, 3.05) is 26.4 Å². The first-order valence-corrected chi connectivity index (χ1v) is 22.4. The molecule has 9 heteroatoms. The topological polar surface area (TPSA) is 122 Å². The first kappa shape index (κ1) is 51.5. The van der Waals surface area contributed by atoms with Crippen molar-refractivity contribution >= 4 is 29.7 Å². The number of rotatable bonds is 40. The summed E-state index contributed by atoms with van der Waals surface area (Å²) in [6.45, 7) is 10.3. The van der Waals surface area contributed by atoms with Crippen molar-refractivity contribution in [3.63, 3.8) is 0 Å². The maximum atomic E-state index is 12.2. The third-order valence-electron chi connectivity index (χ3n) is 10.1. The number of ketones is 1. The fraction of sp³-hybridized carbons (Fsp3) is 0.889. The lowest BCUT2D eigenvalue weighted by Crippen LogP contribution is -2.19. The lowest BCUT2D eigenvalue weighted by atomic mass is 9.97. The third-order valence-corrected chi connectivity index (χ3v) is 10.1. The molecule has 0 spiro atoms. The van der Waals surface area contributed by atoms with Crippen LogP contribution in [0, 0.1) is 11.8 Å². The van der Waals surface area contributed by atoms with Crippen LogP contribution in [-0.2, 0) is 42.9 Å². The Bertz CT molecular complexity index is 934. The van der Waals surface area contributed by atoms with E-state index in [1.165, 1.54) is 64.2 Å². The number of carbonyl (C=O) groups is 5. The minimum atomic E-state index is -0.907. The summed E-state index contributed by atoms with van der Waals surface area (Å²) in [6.07, 6.45) is 28.2. The highest BCUT2D eigenvalue weighted by Gasteiger charge is 2.18. The lowest BCUT2D eigenvalue weighted by Gasteiger charge is -2.16. The summed E-state index contributed by atoms with van der Waals surface area (Å²) < 4.78 is 21.4. The fourth-order valence-corrected chi connectivity index (χ4v) is 6.70. The highest BCUT2D eigenvalue weighted by atomic mass is 16.5. The van der Waals surface area contributed by atoms with E-state index in [2.05, 4.69) is 27.7 Å². The Balaban J connectivity index is 3.76. The van der Waals surface area contributed by atoms with Gasteiger partial charge in [0.05, 0.1) is 32.8 Å². The van der Waals surface area contributed by atoms with E-state index in [9.17, 15) is 24.0 Å². The van der Waals surface area contributed by atoms with E-state index in [0.29, 0.717) is 50.7 Å². The van der Waals surface area contributed by atoms with E-state index in [1.54, 1.807) is 0 Å². The van der Waals surface area contributed by atoms with E-state index in [4.69, 9.17) is 18.9 Å². The van der Waals surface area contributed by atoms with Crippen LogP contribution in [0.2, 0.25) is 0 Å². The first-order chi connectivity index (χ1) is 26.3. The zero-order chi connectivity index (χ0) is 39.9. The van der Waals surface area contributed by atoms with Crippen LogP contribution < -0.4 is 0 Å². The molecule has 0 N–H and O–H groups in total. The second-order valence-electron chi connectivity index (χ2n) is 15.4. The van der Waals surface area contributed by atoms with Gasteiger partial charge in [-0.3, -0.25) is 19.2 Å². The van der Waals surface area contributed by atoms with Crippen molar-refractivity contribution in [2.45, 2.75) is 220 Å². The van der Waals surface area contributed by atoms with E-state index in [1.807, 2.05) is 0 Å². The largest absolute Gasteiger partial charge is 0.466 e. The van der Waals surface area contributed by atoms with Gasteiger partial charge in [0.1, 0.15) is 0 Å². The molecule has 0 heterocycles. The number of carbonyl (C=O) groups excluding carboxylic acids is 5. The summed E-state index contributed by atoms with van der Waals surface area (Å²) in [4.78, 5) is 60.5. The van der Waals surface area contributed by atoms with Crippen LogP contribution in [0.1, 0.15) is 220 Å². The standard InChI is InChI=1S/C45H82O9/c1-5-9-11-15-21-29-39(27-7-3)37-53-42(47)31-23-17-13-19-25-35-51-44(49)34-33-41(46)45(50)52-36-26-20-14-18-24-32-43(48)54-38-40(28-8-4)30-22-16-12-10-6-2/h39-40H,5-38H2,1-4H3. The van der Waals surface area contributed by atoms with Gasteiger partial charge in [0.15, 0.2) is 0 Å². The van der Waals surface area contributed by atoms with Gasteiger partial charge in [-0.25, -0.2) is 4.79 Å². The summed E-state index contributed by atoms with van der Waals surface area (Å²) >= 11 is 0. The Morgan fingerprint density at radius 1 is 0.352 bits per heavy atom. The Kier molecular flexibility index (Phi) is 37.0. The van der Waals surface area contributed by atoms with Crippen LogP contribution in [0.5, 0.6) is 0 Å². The second-order valence-corrected chi connectivity index (χ2v) is 15.4. The van der Waals surface area contributed by atoms with Gasteiger partial charge in [-0.05, 0) is 63.2 Å². The molecule has 0 aliphatic rings. The van der Waals surface area contributed by atoms with Crippen molar-refractivity contribution in [3.8, 4) is 0 Å². The number of unbranched alkanes of at least 4 members (excludes halogenated alkanes) is 16. The minimum Gasteiger partial charge on any atom is -0.466 e. The molecule has 0 aromatic carbocycles. The number of hydrogen-bond donors (Lipinski definition) is 0. The maximum Gasteiger partial charge on any atom is 0.374 e. The normalized spacial score (nSPS) is 12.2. The molecule has 0 aliphatic heterocycles. The summed E-state index contributed by atoms with van der Waals surface area (Å²) in [6, 6.07) is 0. The molecule has 0 saturated heterocycles. The smallest absolute Gasteiger partial charge is 0.374 e. The molecular weight excluding hydrogens is 684 g/mol. The monoisotopic (exact) mass is 767 g/mol. The lowest BCUT2D eigenvalue weighted by molar-refractivity contribution is -0.155. The third kappa shape index (κ3) is 34.1. The van der Waals surface area contributed by atoms with Crippen LogP contribution >= 0.6 is 0 Å². The molecule has 0 amide bonds. The molecule has 0 bridgehead atoms. The SMILES string of the molecule is CCCCCCCC(CCC)COC(=O)CCCCCCCOC(=O)CCC(=O)C(=O)OCCCCCCCC(=O)OCC(CCC)CCCCCCC. The molecule has 54 heavy (non-hydrogen) atoms. The Labute approximate surface area is 330 Å². The predicted molar refractivity (Wildman–Crippen MR) is 217 cm³/mol. The highest BCUT2D eigenvalue weighted by molar-refractivity contribution is 6.33. The second kappa shape index (κ2) is 38.8. The van der Waals surface area contributed by atoms with Crippen LogP contribution in [0.15, 0.2) is 0 Å². The molecule has 316 valence electrons. The summed E-state index contributed by atoms with van der Waals surface area (Å²) in [5, 5.41) is 0. The van der Waals surface area contributed by atoms with Gasteiger partial charge in [-0.1, -0.05) is 143 Å². The predicted octanol–water partition coefficient (Wildman–Crippen LogP) is 11.7. The van der Waals surface area contributed by atoms with Gasteiger partial charge in [0.2, 0.25) is 5.78 Å². The van der Waals surface area contributed by atoms with Crippen LogP contribution in [0.4, 0.5) is 0 Å². The van der Waals surface area contributed by atoms with Crippen LogP contribution in [0.3, 0.4) is 0 Å². The Morgan fingerprint density at radius 2 is 0.741 bits per heavy atom.